The van der Waals surface area contributed by atoms with Crippen molar-refractivity contribution in [2.45, 2.75) is 39.8 Å². The number of aromatic nitrogens is 1. The number of methoxy groups -OCH3 is 2. The van der Waals surface area contributed by atoms with Gasteiger partial charge in [-0.25, -0.2) is 14.6 Å². The van der Waals surface area contributed by atoms with Crippen molar-refractivity contribution in [3.63, 3.8) is 0 Å². The van der Waals surface area contributed by atoms with Gasteiger partial charge < -0.3 is 18.6 Å². The first-order chi connectivity index (χ1) is 20.5. The van der Waals surface area contributed by atoms with Crippen molar-refractivity contribution in [2.24, 2.45) is 4.99 Å². The maximum Gasteiger partial charge on any atom is 0.338 e. The number of ether oxygens (including phenoxy) is 3. The molecule has 1 atom stereocenters. The van der Waals surface area contributed by atoms with Gasteiger partial charge in [-0.15, -0.1) is 0 Å². The van der Waals surface area contributed by atoms with Crippen LogP contribution >= 0.6 is 27.3 Å². The molecule has 0 unspecified atom stereocenters. The van der Waals surface area contributed by atoms with Gasteiger partial charge in [-0.1, -0.05) is 33.3 Å². The van der Waals surface area contributed by atoms with Crippen molar-refractivity contribution in [2.75, 3.05) is 14.2 Å². The van der Waals surface area contributed by atoms with Crippen LogP contribution in [-0.2, 0) is 14.3 Å². The minimum atomic E-state index is -0.833. The van der Waals surface area contributed by atoms with Gasteiger partial charge in [0.1, 0.15) is 23.3 Å². The Morgan fingerprint density at radius 3 is 2.51 bits per heavy atom. The Balaban J connectivity index is 1.63. The zero-order valence-corrected chi connectivity index (χ0v) is 26.8. The summed E-state index contributed by atoms with van der Waals surface area (Å²) in [5.74, 6) is 0.584. The molecule has 11 heteroatoms. The van der Waals surface area contributed by atoms with E-state index < -0.39 is 18.0 Å². The molecule has 0 saturated heterocycles. The number of allylic oxidation sites excluding steroid dienone is 1. The molecule has 2 aromatic carbocycles. The third kappa shape index (κ3) is 5.87. The normalized spacial score (nSPS) is 14.9. The molecule has 0 spiro atoms. The largest absolute Gasteiger partial charge is 0.496 e. The summed E-state index contributed by atoms with van der Waals surface area (Å²) in [6.07, 6.45) is 1.29. The smallest absolute Gasteiger partial charge is 0.338 e. The minimum absolute atomic E-state index is 0.259. The van der Waals surface area contributed by atoms with Gasteiger partial charge in [0.2, 0.25) is 0 Å². The number of thiazole rings is 1. The first kappa shape index (κ1) is 30.2. The molecular formula is C32H29BrN2O7S. The predicted molar refractivity (Wildman–Crippen MR) is 166 cm³/mol. The molecule has 0 aliphatic carbocycles. The minimum Gasteiger partial charge on any atom is -0.496 e. The standard InChI is InChI=1S/C32H29BrN2O7S/c1-16(2)41-31(38)27-18(4)34-32-35(28(27)23-14-20(33)8-11-24(23)39-5)29(36)26(43-32)15-21-9-12-25(42-21)22-10-7-19(13-17(22)3)30(37)40-6/h7-16,28H,1-6H3/b26-15-/t28-/m1/s1. The topological polar surface area (TPSA) is 109 Å². The van der Waals surface area contributed by atoms with E-state index >= 15 is 0 Å². The molecule has 4 aromatic rings. The van der Waals surface area contributed by atoms with Gasteiger partial charge in [0.15, 0.2) is 4.80 Å². The molecule has 0 saturated carbocycles. The Hall–Kier alpha value is -4.22. The number of furan rings is 1. The first-order valence-corrected chi connectivity index (χ1v) is 15.0. The Morgan fingerprint density at radius 2 is 1.84 bits per heavy atom. The van der Waals surface area contributed by atoms with E-state index in [1.54, 1.807) is 64.3 Å². The lowest BCUT2D eigenvalue weighted by Gasteiger charge is -2.26. The molecule has 0 fully saturated rings. The Bertz CT molecular complexity index is 1970. The maximum absolute atomic E-state index is 14.0. The third-order valence-corrected chi connectivity index (χ3v) is 8.36. The molecule has 43 heavy (non-hydrogen) atoms. The van der Waals surface area contributed by atoms with Crippen LogP contribution in [0.2, 0.25) is 0 Å². The van der Waals surface area contributed by atoms with Gasteiger partial charge in [-0.2, -0.15) is 0 Å². The fraction of sp³-hybridized carbons (Fsp3) is 0.250. The monoisotopic (exact) mass is 664 g/mol. The van der Waals surface area contributed by atoms with Crippen LogP contribution < -0.4 is 19.6 Å². The fourth-order valence-electron chi connectivity index (χ4n) is 4.96. The molecule has 2 aromatic heterocycles. The lowest BCUT2D eigenvalue weighted by atomic mass is 9.95. The summed E-state index contributed by atoms with van der Waals surface area (Å²) in [6.45, 7) is 7.15. The quantitative estimate of drug-likeness (QED) is 0.246. The highest BCUT2D eigenvalue weighted by Crippen LogP contribution is 2.37. The first-order valence-electron chi connectivity index (χ1n) is 13.4. The molecule has 222 valence electrons. The Kier molecular flexibility index (Phi) is 8.57. The number of hydrogen-bond acceptors (Lipinski definition) is 9. The SMILES string of the molecule is COC(=O)c1ccc(-c2ccc(/C=c3\sc4n(c3=O)[C@H](c3cc(Br)ccc3OC)C(C(=O)OC(C)C)=C(C)N=4)o2)c(C)c1. The molecule has 0 N–H and O–H groups in total. The van der Waals surface area contributed by atoms with Crippen molar-refractivity contribution in [3.05, 3.63) is 106 Å². The van der Waals surface area contributed by atoms with E-state index in [1.807, 2.05) is 25.1 Å². The zero-order valence-electron chi connectivity index (χ0n) is 24.4. The summed E-state index contributed by atoms with van der Waals surface area (Å²) in [6, 6.07) is 13.4. The van der Waals surface area contributed by atoms with E-state index in [9.17, 15) is 14.4 Å². The van der Waals surface area contributed by atoms with E-state index in [2.05, 4.69) is 20.9 Å². The van der Waals surface area contributed by atoms with Crippen molar-refractivity contribution in [1.29, 1.82) is 0 Å². The summed E-state index contributed by atoms with van der Waals surface area (Å²) in [4.78, 5) is 44.4. The molecule has 0 bridgehead atoms. The van der Waals surface area contributed by atoms with Crippen molar-refractivity contribution < 1.29 is 28.2 Å². The lowest BCUT2D eigenvalue weighted by Crippen LogP contribution is -2.40. The average Bonchev–Trinajstić information content (AvgIpc) is 3.55. The number of rotatable bonds is 7. The van der Waals surface area contributed by atoms with Crippen LogP contribution in [0.15, 0.2) is 78.5 Å². The summed E-state index contributed by atoms with van der Waals surface area (Å²) < 4.78 is 24.8. The van der Waals surface area contributed by atoms with Gasteiger partial charge in [-0.05, 0) is 75.7 Å². The number of carbonyl (C=O) groups excluding carboxylic acids is 2. The number of nitrogens with zero attached hydrogens (tertiary/aromatic N) is 2. The number of fused-ring (bicyclic) bond motifs is 1. The molecule has 0 radical (unpaired) electrons. The van der Waals surface area contributed by atoms with Gasteiger partial charge in [0.05, 0.1) is 41.7 Å². The van der Waals surface area contributed by atoms with E-state index in [4.69, 9.17) is 18.6 Å². The molecule has 9 nitrogen and oxygen atoms in total. The summed E-state index contributed by atoms with van der Waals surface area (Å²) in [5, 5.41) is 0. The van der Waals surface area contributed by atoms with Crippen LogP contribution in [0, 0.1) is 6.92 Å². The molecule has 1 aliphatic rings. The molecule has 3 heterocycles. The van der Waals surface area contributed by atoms with E-state index in [0.717, 1.165) is 15.6 Å². The highest BCUT2D eigenvalue weighted by Gasteiger charge is 2.35. The van der Waals surface area contributed by atoms with Gasteiger partial charge in [0, 0.05) is 21.7 Å². The van der Waals surface area contributed by atoms with Crippen molar-refractivity contribution in [1.82, 2.24) is 4.57 Å². The molecule has 1 aliphatic heterocycles. The van der Waals surface area contributed by atoms with E-state index in [0.29, 0.717) is 43.4 Å². The number of halogens is 1. The number of aryl methyl sites for hydroxylation is 1. The number of benzene rings is 2. The summed E-state index contributed by atoms with van der Waals surface area (Å²) in [5.41, 5.74) is 3.07. The lowest BCUT2D eigenvalue weighted by molar-refractivity contribution is -0.143. The third-order valence-electron chi connectivity index (χ3n) is 6.88. The number of esters is 2. The highest BCUT2D eigenvalue weighted by molar-refractivity contribution is 9.10. The number of hydrogen-bond donors (Lipinski definition) is 0. The Labute approximate surface area is 259 Å². The van der Waals surface area contributed by atoms with Gasteiger partial charge in [0.25, 0.3) is 5.56 Å². The fourth-order valence-corrected chi connectivity index (χ4v) is 6.37. The van der Waals surface area contributed by atoms with Gasteiger partial charge >= 0.3 is 11.9 Å². The summed E-state index contributed by atoms with van der Waals surface area (Å²) in [7, 11) is 2.88. The van der Waals surface area contributed by atoms with Crippen LogP contribution in [0.25, 0.3) is 17.4 Å². The molecule has 0 amide bonds. The highest BCUT2D eigenvalue weighted by atomic mass is 79.9. The summed E-state index contributed by atoms with van der Waals surface area (Å²) >= 11 is 4.71. The van der Waals surface area contributed by atoms with Crippen LogP contribution in [0.1, 0.15) is 54.1 Å². The van der Waals surface area contributed by atoms with Crippen LogP contribution in [0.4, 0.5) is 0 Å². The second kappa shape index (κ2) is 12.2. The molecule has 5 rings (SSSR count). The van der Waals surface area contributed by atoms with Crippen molar-refractivity contribution >= 4 is 45.3 Å². The predicted octanol–water partition coefficient (Wildman–Crippen LogP) is 5.31. The van der Waals surface area contributed by atoms with Crippen LogP contribution in [0.5, 0.6) is 5.75 Å². The molecular weight excluding hydrogens is 636 g/mol. The van der Waals surface area contributed by atoms with Crippen molar-refractivity contribution in [3.8, 4) is 17.1 Å². The van der Waals surface area contributed by atoms with E-state index in [-0.39, 0.29) is 17.2 Å². The second-order valence-electron chi connectivity index (χ2n) is 10.1. The second-order valence-corrected chi connectivity index (χ2v) is 12.1. The Morgan fingerprint density at radius 1 is 1.07 bits per heavy atom. The average molecular weight is 666 g/mol. The van der Waals surface area contributed by atoms with Crippen LogP contribution in [0.3, 0.4) is 0 Å². The van der Waals surface area contributed by atoms with Gasteiger partial charge in [-0.3, -0.25) is 9.36 Å². The van der Waals surface area contributed by atoms with Crippen LogP contribution in [-0.4, -0.2) is 36.8 Å². The maximum atomic E-state index is 14.0. The van der Waals surface area contributed by atoms with E-state index in [1.165, 1.54) is 23.0 Å². The zero-order chi connectivity index (χ0) is 31.0. The number of carbonyl (C=O) groups is 2.